The number of hydrogen-bond acceptors (Lipinski definition) is 4. The molecule has 92 valence electrons. The van der Waals surface area contributed by atoms with E-state index < -0.39 is 0 Å². The minimum Gasteiger partial charge on any atom is -0.383 e. The molecule has 0 radical (unpaired) electrons. The fourth-order valence-corrected chi connectivity index (χ4v) is 2.61. The van der Waals surface area contributed by atoms with Crippen LogP contribution in [0.1, 0.15) is 35.8 Å². The maximum Gasteiger partial charge on any atom is 0.140 e. The Hall–Kier alpha value is -1.24. The molecule has 0 atom stereocenters. The number of nitrogens with zero attached hydrogens (tertiary/aromatic N) is 3. The molecule has 5 heteroatoms. The second-order valence-corrected chi connectivity index (χ2v) is 5.62. The number of anilines is 1. The van der Waals surface area contributed by atoms with Crippen molar-refractivity contribution in [3.05, 3.63) is 45.2 Å². The standard InChI is InChI=1S/C13H13IN4/c14-11-12(9-3-4-9)17-10(18-13(11)15)6-8-2-1-5-16-7-8/h1-2,5,7,9H,3-4,6H2,(H2,15,17,18). The van der Waals surface area contributed by atoms with Crippen LogP contribution in [0.15, 0.2) is 24.5 Å². The largest absolute Gasteiger partial charge is 0.383 e. The summed E-state index contributed by atoms with van der Waals surface area (Å²) >= 11 is 2.25. The van der Waals surface area contributed by atoms with Gasteiger partial charge in [-0.3, -0.25) is 4.98 Å². The Balaban J connectivity index is 1.93. The van der Waals surface area contributed by atoms with Gasteiger partial charge in [0.25, 0.3) is 0 Å². The van der Waals surface area contributed by atoms with Crippen LogP contribution in [0, 0.1) is 3.57 Å². The predicted octanol–water partition coefficient (Wildman–Crippen LogP) is 2.53. The van der Waals surface area contributed by atoms with Crippen LogP contribution in [-0.2, 0) is 6.42 Å². The van der Waals surface area contributed by atoms with Crippen molar-refractivity contribution in [3.8, 4) is 0 Å². The zero-order chi connectivity index (χ0) is 12.5. The van der Waals surface area contributed by atoms with Crippen molar-refractivity contribution in [2.75, 3.05) is 5.73 Å². The molecule has 1 aliphatic rings. The SMILES string of the molecule is Nc1nc(Cc2cccnc2)nc(C2CC2)c1I. The van der Waals surface area contributed by atoms with Crippen molar-refractivity contribution in [1.82, 2.24) is 15.0 Å². The van der Waals surface area contributed by atoms with Gasteiger partial charge in [0.15, 0.2) is 0 Å². The molecular weight excluding hydrogens is 339 g/mol. The van der Waals surface area contributed by atoms with Gasteiger partial charge >= 0.3 is 0 Å². The van der Waals surface area contributed by atoms with E-state index in [0.29, 0.717) is 18.2 Å². The van der Waals surface area contributed by atoms with Gasteiger partial charge in [0.2, 0.25) is 0 Å². The minimum atomic E-state index is 0.592. The number of aromatic nitrogens is 3. The maximum absolute atomic E-state index is 5.97. The van der Waals surface area contributed by atoms with Crippen molar-refractivity contribution in [3.63, 3.8) is 0 Å². The zero-order valence-corrected chi connectivity index (χ0v) is 12.0. The highest BCUT2D eigenvalue weighted by molar-refractivity contribution is 14.1. The third-order valence-electron chi connectivity index (χ3n) is 3.00. The van der Waals surface area contributed by atoms with Gasteiger partial charge in [-0.25, -0.2) is 9.97 Å². The summed E-state index contributed by atoms with van der Waals surface area (Å²) in [5, 5.41) is 0. The summed E-state index contributed by atoms with van der Waals surface area (Å²) in [7, 11) is 0. The normalized spacial score (nSPS) is 14.7. The molecular formula is C13H13IN4. The third-order valence-corrected chi connectivity index (χ3v) is 4.10. The number of pyridine rings is 1. The molecule has 3 rings (SSSR count). The van der Waals surface area contributed by atoms with E-state index in [-0.39, 0.29) is 0 Å². The molecule has 0 aliphatic heterocycles. The van der Waals surface area contributed by atoms with Gasteiger partial charge in [0.05, 0.1) is 9.26 Å². The molecule has 0 amide bonds. The first-order chi connectivity index (χ1) is 8.74. The average Bonchev–Trinajstić information content (AvgIpc) is 3.19. The van der Waals surface area contributed by atoms with Crippen LogP contribution in [0.25, 0.3) is 0 Å². The van der Waals surface area contributed by atoms with E-state index in [1.54, 1.807) is 6.20 Å². The van der Waals surface area contributed by atoms with Gasteiger partial charge in [-0.1, -0.05) is 6.07 Å². The van der Waals surface area contributed by atoms with Gasteiger partial charge in [-0.15, -0.1) is 0 Å². The highest BCUT2D eigenvalue weighted by Crippen LogP contribution is 2.41. The Labute approximate surface area is 119 Å². The summed E-state index contributed by atoms with van der Waals surface area (Å²) in [5.74, 6) is 1.99. The van der Waals surface area contributed by atoms with Crippen LogP contribution in [0.2, 0.25) is 0 Å². The average molecular weight is 352 g/mol. The van der Waals surface area contributed by atoms with E-state index in [2.05, 4.69) is 37.5 Å². The van der Waals surface area contributed by atoms with Crippen LogP contribution in [0.4, 0.5) is 5.82 Å². The molecule has 2 aromatic heterocycles. The first-order valence-electron chi connectivity index (χ1n) is 5.94. The molecule has 1 saturated carbocycles. The molecule has 0 spiro atoms. The van der Waals surface area contributed by atoms with E-state index in [1.807, 2.05) is 18.3 Å². The van der Waals surface area contributed by atoms with Gasteiger partial charge < -0.3 is 5.73 Å². The highest BCUT2D eigenvalue weighted by atomic mass is 127. The van der Waals surface area contributed by atoms with E-state index >= 15 is 0 Å². The first-order valence-corrected chi connectivity index (χ1v) is 7.02. The van der Waals surface area contributed by atoms with E-state index in [1.165, 1.54) is 12.8 Å². The molecule has 0 unspecified atom stereocenters. The van der Waals surface area contributed by atoms with Crippen molar-refractivity contribution >= 4 is 28.4 Å². The Morgan fingerprint density at radius 3 is 2.83 bits per heavy atom. The molecule has 1 aliphatic carbocycles. The summed E-state index contributed by atoms with van der Waals surface area (Å²) in [6, 6.07) is 3.95. The molecule has 18 heavy (non-hydrogen) atoms. The van der Waals surface area contributed by atoms with Crippen molar-refractivity contribution in [2.45, 2.75) is 25.2 Å². The topological polar surface area (TPSA) is 64.7 Å². The lowest BCUT2D eigenvalue weighted by Crippen LogP contribution is -2.07. The van der Waals surface area contributed by atoms with Crippen molar-refractivity contribution < 1.29 is 0 Å². The highest BCUT2D eigenvalue weighted by Gasteiger charge is 2.28. The Morgan fingerprint density at radius 1 is 1.33 bits per heavy atom. The van der Waals surface area contributed by atoms with Crippen LogP contribution in [-0.4, -0.2) is 15.0 Å². The van der Waals surface area contributed by atoms with E-state index in [4.69, 9.17) is 5.73 Å². The van der Waals surface area contributed by atoms with Crippen molar-refractivity contribution in [2.24, 2.45) is 0 Å². The smallest absolute Gasteiger partial charge is 0.140 e. The molecule has 0 aromatic carbocycles. The molecule has 2 heterocycles. The summed E-state index contributed by atoms with van der Waals surface area (Å²) in [6.07, 6.45) is 6.74. The maximum atomic E-state index is 5.97. The molecule has 1 fully saturated rings. The molecule has 2 N–H and O–H groups in total. The summed E-state index contributed by atoms with van der Waals surface area (Å²) in [6.45, 7) is 0. The van der Waals surface area contributed by atoms with E-state index in [0.717, 1.165) is 20.7 Å². The Kier molecular flexibility index (Phi) is 3.15. The molecule has 0 bridgehead atoms. The lowest BCUT2D eigenvalue weighted by Gasteiger charge is -2.08. The van der Waals surface area contributed by atoms with Crippen LogP contribution in [0.3, 0.4) is 0 Å². The van der Waals surface area contributed by atoms with Gasteiger partial charge in [-0.2, -0.15) is 0 Å². The number of nitrogen functional groups attached to an aromatic ring is 1. The number of nitrogens with two attached hydrogens (primary N) is 1. The second-order valence-electron chi connectivity index (χ2n) is 4.54. The van der Waals surface area contributed by atoms with Gasteiger partial charge in [-0.05, 0) is 47.1 Å². The lowest BCUT2D eigenvalue weighted by molar-refractivity contribution is 0.892. The van der Waals surface area contributed by atoms with Crippen molar-refractivity contribution in [1.29, 1.82) is 0 Å². The predicted molar refractivity (Wildman–Crippen MR) is 78.2 cm³/mol. The molecule has 0 saturated heterocycles. The molecule has 2 aromatic rings. The number of halogens is 1. The Bertz CT molecular complexity index is 567. The summed E-state index contributed by atoms with van der Waals surface area (Å²) < 4.78 is 1.02. The molecule has 4 nitrogen and oxygen atoms in total. The monoisotopic (exact) mass is 352 g/mol. The van der Waals surface area contributed by atoms with Crippen LogP contribution in [0.5, 0.6) is 0 Å². The van der Waals surface area contributed by atoms with Crippen LogP contribution >= 0.6 is 22.6 Å². The van der Waals surface area contributed by atoms with E-state index in [9.17, 15) is 0 Å². The Morgan fingerprint density at radius 2 is 2.17 bits per heavy atom. The summed E-state index contributed by atoms with van der Waals surface area (Å²) in [4.78, 5) is 13.1. The first kappa shape index (κ1) is 11.8. The lowest BCUT2D eigenvalue weighted by atomic mass is 10.2. The number of hydrogen-bond donors (Lipinski definition) is 1. The fraction of sp³-hybridized carbons (Fsp3) is 0.308. The third kappa shape index (κ3) is 2.45. The second kappa shape index (κ2) is 4.79. The van der Waals surface area contributed by atoms with Gasteiger partial charge in [0, 0.05) is 24.7 Å². The minimum absolute atomic E-state index is 0.592. The van der Waals surface area contributed by atoms with Gasteiger partial charge in [0.1, 0.15) is 11.6 Å². The zero-order valence-electron chi connectivity index (χ0n) is 9.81. The quantitative estimate of drug-likeness (QED) is 0.863. The fourth-order valence-electron chi connectivity index (χ4n) is 1.92. The summed E-state index contributed by atoms with van der Waals surface area (Å²) in [5.41, 5.74) is 8.20. The van der Waals surface area contributed by atoms with Crippen LogP contribution < -0.4 is 5.73 Å². The number of rotatable bonds is 3.